The molecule has 218 valence electrons. The second-order valence-corrected chi connectivity index (χ2v) is 12.0. The molecular formula is C29H45N3O6S. The molecule has 1 atom stereocenters. The molecule has 0 amide bonds. The lowest BCUT2D eigenvalue weighted by molar-refractivity contribution is 0.126. The Hall–Kier alpha value is -2.05. The third-order valence-electron chi connectivity index (χ3n) is 7.00. The summed E-state index contributed by atoms with van der Waals surface area (Å²) in [7, 11) is -3.42. The largest absolute Gasteiger partial charge is 0.508 e. The van der Waals surface area contributed by atoms with E-state index < -0.39 is 16.1 Å². The summed E-state index contributed by atoms with van der Waals surface area (Å²) in [6.45, 7) is 4.86. The van der Waals surface area contributed by atoms with E-state index in [0.717, 1.165) is 63.7 Å². The Labute approximate surface area is 233 Å². The summed E-state index contributed by atoms with van der Waals surface area (Å²) in [6, 6.07) is 12.1. The summed E-state index contributed by atoms with van der Waals surface area (Å²) >= 11 is 0. The molecule has 1 heterocycles. The highest BCUT2D eigenvalue weighted by molar-refractivity contribution is 7.89. The van der Waals surface area contributed by atoms with Gasteiger partial charge in [0.1, 0.15) is 5.75 Å². The van der Waals surface area contributed by atoms with Gasteiger partial charge >= 0.3 is 0 Å². The topological polar surface area (TPSA) is 131 Å². The Balaban J connectivity index is 1.18. The van der Waals surface area contributed by atoms with Gasteiger partial charge in [-0.15, -0.1) is 0 Å². The van der Waals surface area contributed by atoms with Crippen LogP contribution in [0.3, 0.4) is 0 Å². The predicted octanol–water partition coefficient (Wildman–Crippen LogP) is 2.70. The van der Waals surface area contributed by atoms with E-state index in [1.165, 1.54) is 6.07 Å². The van der Waals surface area contributed by atoms with E-state index in [2.05, 4.69) is 10.6 Å². The van der Waals surface area contributed by atoms with Gasteiger partial charge < -0.3 is 30.7 Å². The van der Waals surface area contributed by atoms with Gasteiger partial charge in [-0.25, -0.2) is 8.42 Å². The molecule has 5 N–H and O–H groups in total. The first kappa shape index (κ1) is 31.5. The predicted molar refractivity (Wildman–Crippen MR) is 152 cm³/mol. The second-order valence-electron chi connectivity index (χ2n) is 10.1. The van der Waals surface area contributed by atoms with Crippen molar-refractivity contribution in [3.63, 3.8) is 0 Å². The summed E-state index contributed by atoms with van der Waals surface area (Å²) < 4.78 is 33.1. The van der Waals surface area contributed by atoms with Gasteiger partial charge in [0.05, 0.1) is 17.6 Å². The van der Waals surface area contributed by atoms with Gasteiger partial charge in [0.2, 0.25) is 10.0 Å². The van der Waals surface area contributed by atoms with E-state index in [1.807, 2.05) is 18.2 Å². The van der Waals surface area contributed by atoms with Gasteiger partial charge in [-0.3, -0.25) is 0 Å². The van der Waals surface area contributed by atoms with Crippen molar-refractivity contribution in [1.29, 1.82) is 0 Å². The molecule has 1 aliphatic heterocycles. The van der Waals surface area contributed by atoms with Crippen molar-refractivity contribution >= 4 is 10.0 Å². The highest BCUT2D eigenvalue weighted by Gasteiger charge is 2.25. The SMILES string of the molecule is O=S(=O)(c1cccc(CCCCOCCCCCCNCC(O)c2ccc(O)c(CO)c2)c1)N1CCNCC1. The molecule has 3 rings (SSSR count). The maximum Gasteiger partial charge on any atom is 0.243 e. The van der Waals surface area contributed by atoms with Gasteiger partial charge in [0, 0.05) is 51.5 Å². The van der Waals surface area contributed by atoms with E-state index in [1.54, 1.807) is 22.5 Å². The normalized spacial score (nSPS) is 15.4. The van der Waals surface area contributed by atoms with E-state index in [9.17, 15) is 23.7 Å². The van der Waals surface area contributed by atoms with Crippen LogP contribution in [0.1, 0.15) is 61.3 Å². The van der Waals surface area contributed by atoms with E-state index in [4.69, 9.17) is 4.74 Å². The monoisotopic (exact) mass is 563 g/mol. The van der Waals surface area contributed by atoms with Gasteiger partial charge in [0.25, 0.3) is 0 Å². The zero-order chi connectivity index (χ0) is 27.9. The van der Waals surface area contributed by atoms with E-state index >= 15 is 0 Å². The van der Waals surface area contributed by atoms with Crippen LogP contribution < -0.4 is 10.6 Å². The molecule has 0 spiro atoms. The molecule has 1 fully saturated rings. The van der Waals surface area contributed by atoms with Crippen LogP contribution in [0.5, 0.6) is 5.75 Å². The Kier molecular flexibility index (Phi) is 13.7. The van der Waals surface area contributed by atoms with Gasteiger partial charge in [-0.2, -0.15) is 4.31 Å². The number of nitrogens with one attached hydrogen (secondary N) is 2. The molecular weight excluding hydrogens is 518 g/mol. The third kappa shape index (κ3) is 10.5. The maximum atomic E-state index is 12.9. The average molecular weight is 564 g/mol. The Bertz CT molecular complexity index is 1090. The van der Waals surface area contributed by atoms with Crippen molar-refractivity contribution in [3.05, 3.63) is 59.2 Å². The number of aliphatic hydroxyl groups excluding tert-OH is 2. The molecule has 0 saturated carbocycles. The lowest BCUT2D eigenvalue weighted by atomic mass is 10.1. The first-order valence-electron chi connectivity index (χ1n) is 14.1. The van der Waals surface area contributed by atoms with E-state index in [0.29, 0.717) is 55.4 Å². The van der Waals surface area contributed by atoms with Gasteiger partial charge in [-0.05, 0) is 74.0 Å². The molecule has 1 saturated heterocycles. The molecule has 1 unspecified atom stereocenters. The number of aromatic hydroxyl groups is 1. The maximum absolute atomic E-state index is 12.9. The fourth-order valence-corrected chi connectivity index (χ4v) is 6.15. The lowest BCUT2D eigenvalue weighted by Gasteiger charge is -2.26. The number of piperazine rings is 1. The van der Waals surface area contributed by atoms with Crippen LogP contribution in [0, 0.1) is 0 Å². The molecule has 9 nitrogen and oxygen atoms in total. The third-order valence-corrected chi connectivity index (χ3v) is 8.90. The van der Waals surface area contributed by atoms with Crippen LogP contribution in [0.25, 0.3) is 0 Å². The van der Waals surface area contributed by atoms with Crippen molar-refractivity contribution in [2.75, 3.05) is 52.5 Å². The van der Waals surface area contributed by atoms with Crippen LogP contribution >= 0.6 is 0 Å². The van der Waals surface area contributed by atoms with Crippen molar-refractivity contribution in [2.24, 2.45) is 0 Å². The Morgan fingerprint density at radius 3 is 2.49 bits per heavy atom. The summed E-state index contributed by atoms with van der Waals surface area (Å²) in [5, 5.41) is 35.6. The minimum Gasteiger partial charge on any atom is -0.508 e. The molecule has 0 radical (unpaired) electrons. The van der Waals surface area contributed by atoms with Crippen LogP contribution in [-0.2, 0) is 27.8 Å². The first-order chi connectivity index (χ1) is 18.9. The second kappa shape index (κ2) is 16.9. The van der Waals surface area contributed by atoms with Crippen LogP contribution in [0.15, 0.2) is 47.4 Å². The first-order valence-corrected chi connectivity index (χ1v) is 15.5. The summed E-state index contributed by atoms with van der Waals surface area (Å²) in [5.41, 5.74) is 2.14. The van der Waals surface area contributed by atoms with Crippen LogP contribution in [0.4, 0.5) is 0 Å². The number of aliphatic hydroxyl groups is 2. The number of unbranched alkanes of at least 4 members (excludes halogenated alkanes) is 4. The number of hydrogen-bond donors (Lipinski definition) is 5. The molecule has 2 aromatic rings. The highest BCUT2D eigenvalue weighted by Crippen LogP contribution is 2.22. The fourth-order valence-electron chi connectivity index (χ4n) is 4.63. The molecule has 2 aromatic carbocycles. The molecule has 39 heavy (non-hydrogen) atoms. The van der Waals surface area contributed by atoms with Crippen molar-refractivity contribution in [1.82, 2.24) is 14.9 Å². The molecule has 0 aromatic heterocycles. The number of sulfonamides is 1. The van der Waals surface area contributed by atoms with Gasteiger partial charge in [0.15, 0.2) is 0 Å². The number of hydrogen-bond acceptors (Lipinski definition) is 8. The quantitative estimate of drug-likeness (QED) is 0.175. The highest BCUT2D eigenvalue weighted by atomic mass is 32.2. The molecule has 0 aliphatic carbocycles. The minimum atomic E-state index is -3.42. The zero-order valence-electron chi connectivity index (χ0n) is 22.9. The molecule has 1 aliphatic rings. The number of aryl methyl sites for hydroxylation is 1. The fraction of sp³-hybridized carbons (Fsp3) is 0.586. The van der Waals surface area contributed by atoms with Crippen molar-refractivity contribution in [3.8, 4) is 5.75 Å². The van der Waals surface area contributed by atoms with Crippen molar-refractivity contribution in [2.45, 2.75) is 62.6 Å². The standard InChI is InChI=1S/C29H45N3O6S/c33-23-26-21-25(11-12-28(26)34)29(35)22-31-13-4-1-2-5-18-38-19-6-3-8-24-9-7-10-27(20-24)39(36,37)32-16-14-30-15-17-32/h7,9-12,20-21,29-31,33-35H,1-6,8,13-19,22-23H2. The Morgan fingerprint density at radius 1 is 0.974 bits per heavy atom. The van der Waals surface area contributed by atoms with Crippen LogP contribution in [-0.4, -0.2) is 80.5 Å². The lowest BCUT2D eigenvalue weighted by Crippen LogP contribution is -2.46. The summed E-state index contributed by atoms with van der Waals surface area (Å²) in [4.78, 5) is 0.388. The number of rotatable bonds is 18. The number of ether oxygens (including phenoxy) is 1. The minimum absolute atomic E-state index is 0.0347. The Morgan fingerprint density at radius 2 is 1.72 bits per heavy atom. The molecule has 0 bridgehead atoms. The molecule has 10 heteroatoms. The van der Waals surface area contributed by atoms with E-state index in [-0.39, 0.29) is 12.4 Å². The summed E-state index contributed by atoms with van der Waals surface area (Å²) in [5.74, 6) is 0.0347. The summed E-state index contributed by atoms with van der Waals surface area (Å²) in [6.07, 6.45) is 6.29. The van der Waals surface area contributed by atoms with Gasteiger partial charge in [-0.1, -0.05) is 31.0 Å². The number of benzene rings is 2. The van der Waals surface area contributed by atoms with Crippen molar-refractivity contribution < 1.29 is 28.5 Å². The van der Waals surface area contributed by atoms with Crippen LogP contribution in [0.2, 0.25) is 0 Å². The number of nitrogens with zero attached hydrogens (tertiary/aromatic N) is 1. The number of phenols is 1. The smallest absolute Gasteiger partial charge is 0.243 e. The zero-order valence-corrected chi connectivity index (χ0v) is 23.7. The average Bonchev–Trinajstić information content (AvgIpc) is 2.96.